The van der Waals surface area contributed by atoms with Crippen LogP contribution in [-0.4, -0.2) is 19.5 Å². The lowest BCUT2D eigenvalue weighted by Gasteiger charge is -2.13. The van der Waals surface area contributed by atoms with Gasteiger partial charge in [-0.05, 0) is 0 Å². The van der Waals surface area contributed by atoms with Crippen LogP contribution in [0.3, 0.4) is 0 Å². The zero-order chi connectivity index (χ0) is 13.1. The summed E-state index contributed by atoms with van der Waals surface area (Å²) in [7, 11) is 0. The lowest BCUT2D eigenvalue weighted by atomic mass is 10.1. The highest BCUT2D eigenvalue weighted by atomic mass is 16.2. The van der Waals surface area contributed by atoms with Crippen LogP contribution in [0.5, 0.6) is 0 Å². The van der Waals surface area contributed by atoms with Crippen molar-refractivity contribution in [2.45, 2.75) is 18.9 Å². The first-order valence-electron chi connectivity index (χ1n) is 5.24. The number of hydrogen-bond acceptors (Lipinski definition) is 3. The van der Waals surface area contributed by atoms with Crippen LogP contribution in [0.2, 0.25) is 0 Å². The Bertz CT molecular complexity index is 750. The van der Waals surface area contributed by atoms with Crippen molar-refractivity contribution in [3.8, 4) is 24.7 Å². The van der Waals surface area contributed by atoms with Crippen LogP contribution in [0.4, 0.5) is 0 Å². The molecule has 18 heavy (non-hydrogen) atoms. The SMILES string of the molecule is C#CCC(CC#C)n1c(=O)[nH]c2nc[nH]c2c1=O. The molecule has 0 aliphatic heterocycles. The normalized spacial score (nSPS) is 10.4. The summed E-state index contributed by atoms with van der Waals surface area (Å²) in [6.45, 7) is 0. The number of aromatic nitrogens is 4. The maximum Gasteiger partial charge on any atom is 0.330 e. The van der Waals surface area contributed by atoms with Crippen LogP contribution in [0.25, 0.3) is 11.2 Å². The highest BCUT2D eigenvalue weighted by Gasteiger charge is 2.16. The van der Waals surface area contributed by atoms with Crippen molar-refractivity contribution in [2.75, 3.05) is 0 Å². The molecule has 90 valence electrons. The molecule has 0 aromatic carbocycles. The van der Waals surface area contributed by atoms with Gasteiger partial charge in [-0.15, -0.1) is 24.7 Å². The molecule has 0 saturated carbocycles. The minimum Gasteiger partial charge on any atom is -0.339 e. The Hall–Kier alpha value is -2.73. The van der Waals surface area contributed by atoms with Gasteiger partial charge in [0.15, 0.2) is 5.65 Å². The zero-order valence-corrected chi connectivity index (χ0v) is 9.43. The van der Waals surface area contributed by atoms with Crippen LogP contribution in [0.15, 0.2) is 15.9 Å². The number of nitrogens with one attached hydrogen (secondary N) is 2. The number of rotatable bonds is 3. The topological polar surface area (TPSA) is 83.5 Å². The number of hydrogen-bond donors (Lipinski definition) is 2. The van der Waals surface area contributed by atoms with Crippen molar-refractivity contribution >= 4 is 11.2 Å². The quantitative estimate of drug-likeness (QED) is 0.743. The van der Waals surface area contributed by atoms with E-state index in [0.29, 0.717) is 0 Å². The average Bonchev–Trinajstić information content (AvgIpc) is 2.77. The maximum atomic E-state index is 12.1. The third kappa shape index (κ3) is 1.80. The van der Waals surface area contributed by atoms with Gasteiger partial charge in [0.2, 0.25) is 0 Å². The van der Waals surface area contributed by atoms with Gasteiger partial charge < -0.3 is 4.98 Å². The van der Waals surface area contributed by atoms with E-state index in [4.69, 9.17) is 12.8 Å². The first kappa shape index (κ1) is 11.7. The molecule has 0 unspecified atom stereocenters. The Kier molecular flexibility index (Phi) is 3.03. The molecule has 0 aliphatic rings. The molecule has 2 heterocycles. The van der Waals surface area contributed by atoms with Gasteiger partial charge in [0.1, 0.15) is 5.52 Å². The largest absolute Gasteiger partial charge is 0.339 e. The molecule has 0 fully saturated rings. The summed E-state index contributed by atoms with van der Waals surface area (Å²) in [5, 5.41) is 0. The molecule has 2 aromatic rings. The van der Waals surface area contributed by atoms with Crippen molar-refractivity contribution in [1.82, 2.24) is 19.5 Å². The molecule has 2 aromatic heterocycles. The molecule has 2 N–H and O–H groups in total. The van der Waals surface area contributed by atoms with E-state index >= 15 is 0 Å². The standard InChI is InChI=1S/C12H10N4O2/c1-3-5-8(6-4-2)16-11(17)9-10(14-7-13-9)15-12(16)18/h1-2,7-8H,5-6H2,(H,13,14)(H,15,18). The van der Waals surface area contributed by atoms with Gasteiger partial charge in [0.25, 0.3) is 5.56 Å². The fraction of sp³-hybridized carbons (Fsp3) is 0.250. The lowest BCUT2D eigenvalue weighted by molar-refractivity contribution is 0.489. The summed E-state index contributed by atoms with van der Waals surface area (Å²) >= 11 is 0. The van der Waals surface area contributed by atoms with Crippen LogP contribution in [0, 0.1) is 24.7 Å². The highest BCUT2D eigenvalue weighted by molar-refractivity contribution is 5.67. The molecule has 0 bridgehead atoms. The summed E-state index contributed by atoms with van der Waals surface area (Å²) in [6.07, 6.45) is 12.2. The molecule has 0 spiro atoms. The fourth-order valence-corrected chi connectivity index (χ4v) is 1.78. The molecule has 2 rings (SSSR count). The lowest BCUT2D eigenvalue weighted by Crippen LogP contribution is -2.38. The number of H-pyrrole nitrogens is 2. The third-order valence-electron chi connectivity index (χ3n) is 2.59. The van der Waals surface area contributed by atoms with E-state index in [1.807, 2.05) is 0 Å². The Morgan fingerprint density at radius 1 is 1.33 bits per heavy atom. The van der Waals surface area contributed by atoms with E-state index < -0.39 is 17.3 Å². The number of aromatic amines is 2. The predicted octanol–water partition coefficient (Wildman–Crippen LogP) is 0.000600. The number of imidazole rings is 1. The Balaban J connectivity index is 2.70. The Morgan fingerprint density at radius 2 is 2.00 bits per heavy atom. The Morgan fingerprint density at radius 3 is 2.61 bits per heavy atom. The monoisotopic (exact) mass is 242 g/mol. The van der Waals surface area contributed by atoms with Crippen molar-refractivity contribution in [2.24, 2.45) is 0 Å². The van der Waals surface area contributed by atoms with E-state index in [9.17, 15) is 9.59 Å². The molecule has 6 heteroatoms. The van der Waals surface area contributed by atoms with Crippen molar-refractivity contribution < 1.29 is 0 Å². The summed E-state index contributed by atoms with van der Waals surface area (Å²) in [5.41, 5.74) is -0.577. The second-order valence-corrected chi connectivity index (χ2v) is 3.70. The molecular formula is C12H10N4O2. The molecule has 0 radical (unpaired) electrons. The van der Waals surface area contributed by atoms with Gasteiger partial charge in [-0.3, -0.25) is 14.3 Å². The van der Waals surface area contributed by atoms with Crippen LogP contribution in [-0.2, 0) is 0 Å². The van der Waals surface area contributed by atoms with Crippen LogP contribution in [0.1, 0.15) is 18.9 Å². The van der Waals surface area contributed by atoms with Crippen molar-refractivity contribution in [3.05, 3.63) is 27.2 Å². The molecule has 0 aliphatic carbocycles. The van der Waals surface area contributed by atoms with Crippen molar-refractivity contribution in [3.63, 3.8) is 0 Å². The second-order valence-electron chi connectivity index (χ2n) is 3.70. The van der Waals surface area contributed by atoms with Crippen LogP contribution >= 0.6 is 0 Å². The third-order valence-corrected chi connectivity index (χ3v) is 2.59. The molecule has 0 amide bonds. The molecule has 6 nitrogen and oxygen atoms in total. The van der Waals surface area contributed by atoms with Crippen molar-refractivity contribution in [1.29, 1.82) is 0 Å². The first-order valence-corrected chi connectivity index (χ1v) is 5.24. The molecule has 0 saturated heterocycles. The summed E-state index contributed by atoms with van der Waals surface area (Å²) in [4.78, 5) is 33.0. The fourth-order valence-electron chi connectivity index (χ4n) is 1.78. The second kappa shape index (κ2) is 4.64. The van der Waals surface area contributed by atoms with E-state index in [1.54, 1.807) is 0 Å². The Labute approximate surface area is 102 Å². The maximum absolute atomic E-state index is 12.1. The minimum atomic E-state index is -0.560. The van der Waals surface area contributed by atoms with E-state index in [1.165, 1.54) is 6.33 Å². The zero-order valence-electron chi connectivity index (χ0n) is 9.43. The van der Waals surface area contributed by atoms with Gasteiger partial charge in [-0.2, -0.15) is 0 Å². The summed E-state index contributed by atoms with van der Waals surface area (Å²) in [6, 6.07) is -0.510. The first-order chi connectivity index (χ1) is 8.69. The molecule has 0 atom stereocenters. The number of fused-ring (bicyclic) bond motifs is 1. The number of terminal acetylenes is 2. The molecular weight excluding hydrogens is 232 g/mol. The van der Waals surface area contributed by atoms with Gasteiger partial charge in [-0.25, -0.2) is 9.78 Å². The van der Waals surface area contributed by atoms with Crippen LogP contribution < -0.4 is 11.2 Å². The summed E-state index contributed by atoms with van der Waals surface area (Å²) < 4.78 is 1.04. The van der Waals surface area contributed by atoms with E-state index in [0.717, 1.165) is 4.57 Å². The van der Waals surface area contributed by atoms with Gasteiger partial charge in [0, 0.05) is 12.8 Å². The van der Waals surface area contributed by atoms with Gasteiger partial charge >= 0.3 is 5.69 Å². The van der Waals surface area contributed by atoms with E-state index in [-0.39, 0.29) is 24.0 Å². The highest BCUT2D eigenvalue weighted by Crippen LogP contribution is 2.11. The predicted molar refractivity (Wildman–Crippen MR) is 66.9 cm³/mol. The van der Waals surface area contributed by atoms with Gasteiger partial charge in [-0.1, -0.05) is 0 Å². The average molecular weight is 242 g/mol. The summed E-state index contributed by atoms with van der Waals surface area (Å²) in [5.74, 6) is 4.83. The smallest absolute Gasteiger partial charge is 0.330 e. The minimum absolute atomic E-state index is 0.215. The number of nitrogens with zero attached hydrogens (tertiary/aromatic N) is 2. The van der Waals surface area contributed by atoms with E-state index in [2.05, 4.69) is 26.8 Å². The van der Waals surface area contributed by atoms with Gasteiger partial charge in [0.05, 0.1) is 12.4 Å².